The number of carbonyl (C=O) groups excluding carboxylic acids is 1. The smallest absolute Gasteiger partial charge is 0.276 e. The molecule has 3 rings (SSSR count). The van der Waals surface area contributed by atoms with Crippen molar-refractivity contribution in [1.82, 2.24) is 19.8 Å². The van der Waals surface area contributed by atoms with E-state index >= 15 is 0 Å². The number of aryl methyl sites for hydroxylation is 1. The van der Waals surface area contributed by atoms with E-state index in [4.69, 9.17) is 0 Å². The summed E-state index contributed by atoms with van der Waals surface area (Å²) in [6.07, 6.45) is 0. The van der Waals surface area contributed by atoms with Crippen LogP contribution in [0.3, 0.4) is 0 Å². The molecule has 2 N–H and O–H groups in total. The van der Waals surface area contributed by atoms with Gasteiger partial charge in [-0.15, -0.1) is 0 Å². The number of amides is 1. The minimum absolute atomic E-state index is 0.121. The number of aromatic nitrogens is 2. The van der Waals surface area contributed by atoms with Gasteiger partial charge in [-0.3, -0.25) is 9.59 Å². The lowest BCUT2D eigenvalue weighted by molar-refractivity contribution is 0.0943. The molecule has 2 aromatic carbocycles. The molecule has 0 unspecified atom stereocenters. The number of nitrogens with zero attached hydrogens (tertiary/aromatic N) is 2. The van der Waals surface area contributed by atoms with Crippen molar-refractivity contribution in [3.63, 3.8) is 0 Å². The van der Waals surface area contributed by atoms with Crippen LogP contribution >= 0.6 is 0 Å². The number of benzene rings is 2. The van der Waals surface area contributed by atoms with Gasteiger partial charge in [-0.05, 0) is 44.0 Å². The van der Waals surface area contributed by atoms with Crippen molar-refractivity contribution in [3.8, 4) is 5.69 Å². The average molecular weight is 455 g/mol. The van der Waals surface area contributed by atoms with E-state index in [1.165, 1.54) is 6.07 Å². The van der Waals surface area contributed by atoms with Gasteiger partial charge in [0.2, 0.25) is 15.5 Å². The van der Waals surface area contributed by atoms with Gasteiger partial charge >= 0.3 is 0 Å². The number of carbonyl (C=O) groups is 1. The van der Waals surface area contributed by atoms with E-state index in [-0.39, 0.29) is 24.0 Å². The first-order valence-corrected chi connectivity index (χ1v) is 11.8. The van der Waals surface area contributed by atoms with Gasteiger partial charge in [-0.1, -0.05) is 42.5 Å². The Bertz CT molecular complexity index is 1250. The van der Waals surface area contributed by atoms with Crippen LogP contribution in [0.1, 0.15) is 41.2 Å². The van der Waals surface area contributed by atoms with E-state index in [0.717, 1.165) is 11.3 Å². The zero-order valence-electron chi connectivity index (χ0n) is 18.2. The summed E-state index contributed by atoms with van der Waals surface area (Å²) >= 11 is 0. The zero-order valence-corrected chi connectivity index (χ0v) is 19.0. The molecule has 32 heavy (non-hydrogen) atoms. The summed E-state index contributed by atoms with van der Waals surface area (Å²) in [5, 5.41) is 6.95. The van der Waals surface area contributed by atoms with Crippen LogP contribution in [-0.4, -0.2) is 30.1 Å². The molecule has 0 aliphatic carbocycles. The standard InChI is InChI=1S/C23H26N4O4S/c1-16(2)26-32(30,31)15-19-11-9-18(10-12-19)14-24-23(29)22-21(28)13-17(3)27(25-22)20-7-5-4-6-8-20/h4-13,16,26H,14-15H2,1-3H3,(H,24,29). The van der Waals surface area contributed by atoms with Gasteiger partial charge in [-0.2, -0.15) is 5.10 Å². The first-order chi connectivity index (χ1) is 15.1. The largest absolute Gasteiger partial charge is 0.346 e. The monoisotopic (exact) mass is 454 g/mol. The highest BCUT2D eigenvalue weighted by Gasteiger charge is 2.16. The SMILES string of the molecule is Cc1cc(=O)c(C(=O)NCc2ccc(CS(=O)(=O)NC(C)C)cc2)nn1-c1ccccc1. The highest BCUT2D eigenvalue weighted by atomic mass is 32.2. The van der Waals surface area contributed by atoms with Crippen molar-refractivity contribution < 1.29 is 13.2 Å². The fraction of sp³-hybridized carbons (Fsp3) is 0.261. The molecule has 0 fully saturated rings. The number of hydrogen-bond donors (Lipinski definition) is 2. The summed E-state index contributed by atoms with van der Waals surface area (Å²) in [6.45, 7) is 5.46. The lowest BCUT2D eigenvalue weighted by Crippen LogP contribution is -2.31. The average Bonchev–Trinajstić information content (AvgIpc) is 2.72. The molecule has 168 valence electrons. The van der Waals surface area contributed by atoms with Crippen molar-refractivity contribution in [3.05, 3.63) is 93.4 Å². The molecular formula is C23H26N4O4S. The molecule has 1 aromatic heterocycles. The molecule has 3 aromatic rings. The Balaban J connectivity index is 1.69. The summed E-state index contributed by atoms with van der Waals surface area (Å²) in [6, 6.07) is 17.3. The Kier molecular flexibility index (Phi) is 7.22. The number of nitrogens with one attached hydrogen (secondary N) is 2. The maximum Gasteiger partial charge on any atom is 0.276 e. The van der Waals surface area contributed by atoms with Crippen LogP contribution in [0.4, 0.5) is 0 Å². The molecule has 0 atom stereocenters. The van der Waals surface area contributed by atoms with Crippen LogP contribution in [0.2, 0.25) is 0 Å². The maximum absolute atomic E-state index is 12.6. The van der Waals surface area contributed by atoms with Crippen LogP contribution < -0.4 is 15.5 Å². The number of rotatable bonds is 8. The number of hydrogen-bond acceptors (Lipinski definition) is 5. The molecule has 0 spiro atoms. The molecule has 0 saturated heterocycles. The predicted octanol–water partition coefficient (Wildman–Crippen LogP) is 2.30. The predicted molar refractivity (Wildman–Crippen MR) is 123 cm³/mol. The van der Waals surface area contributed by atoms with E-state index in [9.17, 15) is 18.0 Å². The Labute approximate surface area is 187 Å². The van der Waals surface area contributed by atoms with Gasteiger partial charge in [0.05, 0.1) is 11.4 Å². The van der Waals surface area contributed by atoms with E-state index in [1.54, 1.807) is 49.7 Å². The molecule has 9 heteroatoms. The lowest BCUT2D eigenvalue weighted by atomic mass is 10.1. The van der Waals surface area contributed by atoms with Gasteiger partial charge in [0, 0.05) is 24.3 Å². The van der Waals surface area contributed by atoms with Gasteiger partial charge < -0.3 is 5.32 Å². The Hall–Kier alpha value is -3.30. The van der Waals surface area contributed by atoms with Crippen molar-refractivity contribution in [2.75, 3.05) is 0 Å². The third kappa shape index (κ3) is 6.12. The molecular weight excluding hydrogens is 428 g/mol. The Morgan fingerprint density at radius 2 is 1.66 bits per heavy atom. The molecule has 0 radical (unpaired) electrons. The quantitative estimate of drug-likeness (QED) is 0.543. The van der Waals surface area contributed by atoms with Gasteiger partial charge in [-0.25, -0.2) is 17.8 Å². The van der Waals surface area contributed by atoms with Crippen LogP contribution in [-0.2, 0) is 22.3 Å². The summed E-state index contributed by atoms with van der Waals surface area (Å²) in [7, 11) is -3.41. The second-order valence-electron chi connectivity index (χ2n) is 7.78. The van der Waals surface area contributed by atoms with Crippen molar-refractivity contribution >= 4 is 15.9 Å². The summed E-state index contributed by atoms with van der Waals surface area (Å²) in [4.78, 5) is 24.9. The van der Waals surface area contributed by atoms with Crippen molar-refractivity contribution in [2.24, 2.45) is 0 Å². The van der Waals surface area contributed by atoms with Gasteiger partial charge in [0.1, 0.15) is 0 Å². The van der Waals surface area contributed by atoms with Crippen molar-refractivity contribution in [2.45, 2.75) is 39.1 Å². The van der Waals surface area contributed by atoms with Crippen LogP contribution in [0.15, 0.2) is 65.5 Å². The lowest BCUT2D eigenvalue weighted by Gasteiger charge is -2.12. The molecule has 0 aliphatic heterocycles. The fourth-order valence-electron chi connectivity index (χ4n) is 3.17. The van der Waals surface area contributed by atoms with Crippen LogP contribution in [0.25, 0.3) is 5.69 Å². The van der Waals surface area contributed by atoms with E-state index < -0.39 is 21.4 Å². The topological polar surface area (TPSA) is 110 Å². The first kappa shape index (κ1) is 23.4. The molecule has 0 aliphatic rings. The molecule has 0 saturated carbocycles. The number of para-hydroxylation sites is 1. The third-order valence-corrected chi connectivity index (χ3v) is 6.12. The van der Waals surface area contributed by atoms with Crippen LogP contribution in [0, 0.1) is 6.92 Å². The van der Waals surface area contributed by atoms with Gasteiger partial charge in [0.25, 0.3) is 5.91 Å². The second-order valence-corrected chi connectivity index (χ2v) is 9.53. The van der Waals surface area contributed by atoms with Crippen LogP contribution in [0.5, 0.6) is 0 Å². The third-order valence-electron chi connectivity index (χ3n) is 4.57. The molecule has 1 heterocycles. The molecule has 8 nitrogen and oxygen atoms in total. The summed E-state index contributed by atoms with van der Waals surface area (Å²) in [5.74, 6) is -0.697. The van der Waals surface area contributed by atoms with E-state index in [0.29, 0.717) is 11.3 Å². The van der Waals surface area contributed by atoms with Crippen molar-refractivity contribution in [1.29, 1.82) is 0 Å². The molecule has 1 amide bonds. The minimum Gasteiger partial charge on any atom is -0.346 e. The highest BCUT2D eigenvalue weighted by Crippen LogP contribution is 2.10. The normalized spacial score (nSPS) is 11.5. The first-order valence-electron chi connectivity index (χ1n) is 10.2. The number of sulfonamides is 1. The summed E-state index contributed by atoms with van der Waals surface area (Å²) < 4.78 is 28.2. The highest BCUT2D eigenvalue weighted by molar-refractivity contribution is 7.88. The Morgan fingerprint density at radius 1 is 1.03 bits per heavy atom. The van der Waals surface area contributed by atoms with Gasteiger partial charge in [0.15, 0.2) is 5.69 Å². The zero-order chi connectivity index (χ0) is 23.3. The summed E-state index contributed by atoms with van der Waals surface area (Å²) in [5.41, 5.74) is 2.13. The second kappa shape index (κ2) is 9.88. The minimum atomic E-state index is -3.41. The fourth-order valence-corrected chi connectivity index (χ4v) is 4.61. The maximum atomic E-state index is 12.6. The molecule has 0 bridgehead atoms. The Morgan fingerprint density at radius 3 is 2.28 bits per heavy atom. The van der Waals surface area contributed by atoms with E-state index in [2.05, 4.69) is 15.1 Å². The van der Waals surface area contributed by atoms with E-state index in [1.807, 2.05) is 30.3 Å².